The first kappa shape index (κ1) is 13.4. The molecule has 19 heavy (non-hydrogen) atoms. The number of hydrogen-bond donors (Lipinski definition) is 1. The van der Waals surface area contributed by atoms with Gasteiger partial charge in [-0.15, -0.1) is 0 Å². The van der Waals surface area contributed by atoms with Crippen molar-refractivity contribution in [2.24, 2.45) is 5.73 Å². The van der Waals surface area contributed by atoms with Gasteiger partial charge in [0.2, 0.25) is 0 Å². The van der Waals surface area contributed by atoms with Gasteiger partial charge in [0.15, 0.2) is 0 Å². The highest BCUT2D eigenvalue weighted by Crippen LogP contribution is 2.25. The second-order valence-corrected chi connectivity index (χ2v) is 4.41. The van der Waals surface area contributed by atoms with Gasteiger partial charge in [-0.3, -0.25) is 4.79 Å². The van der Waals surface area contributed by atoms with E-state index in [0.29, 0.717) is 12.2 Å². The number of hydrogen-bond acceptors (Lipinski definition) is 4. The van der Waals surface area contributed by atoms with Gasteiger partial charge in [0.25, 0.3) is 0 Å². The number of rotatable bonds is 4. The summed E-state index contributed by atoms with van der Waals surface area (Å²) >= 11 is 0. The molecule has 4 heteroatoms. The van der Waals surface area contributed by atoms with Crippen molar-refractivity contribution in [3.63, 3.8) is 0 Å². The number of carbonyl (C=O) groups is 1. The number of methoxy groups -OCH3 is 1. The van der Waals surface area contributed by atoms with Crippen molar-refractivity contribution >= 4 is 5.97 Å². The van der Waals surface area contributed by atoms with E-state index < -0.39 is 12.0 Å². The summed E-state index contributed by atoms with van der Waals surface area (Å²) in [5, 5.41) is 0. The standard InChI is InChI=1S/C15H17NO3/c1-10-5-3-4-6-12(10)14-8-7-11(19-14)9-13(16)15(17)18-2/h3-8,13H,9,16H2,1-2H3. The van der Waals surface area contributed by atoms with Crippen LogP contribution in [0.25, 0.3) is 11.3 Å². The highest BCUT2D eigenvalue weighted by atomic mass is 16.5. The predicted octanol–water partition coefficient (Wildman–Crippen LogP) is 2.30. The Morgan fingerprint density at radius 2 is 2.05 bits per heavy atom. The molecular weight excluding hydrogens is 242 g/mol. The summed E-state index contributed by atoms with van der Waals surface area (Å²) in [5.74, 6) is 1.02. The number of benzene rings is 1. The van der Waals surface area contributed by atoms with Crippen molar-refractivity contribution in [2.45, 2.75) is 19.4 Å². The number of nitrogens with two attached hydrogens (primary N) is 1. The fraction of sp³-hybridized carbons (Fsp3) is 0.267. The Labute approximate surface area is 112 Å². The van der Waals surface area contributed by atoms with E-state index in [4.69, 9.17) is 10.2 Å². The van der Waals surface area contributed by atoms with Gasteiger partial charge in [0.05, 0.1) is 7.11 Å². The average molecular weight is 259 g/mol. The molecule has 2 aromatic rings. The lowest BCUT2D eigenvalue weighted by Gasteiger charge is -2.06. The third-order valence-electron chi connectivity index (χ3n) is 3.00. The monoisotopic (exact) mass is 259 g/mol. The molecule has 0 aliphatic carbocycles. The first-order valence-electron chi connectivity index (χ1n) is 6.10. The molecule has 1 aromatic heterocycles. The molecule has 0 saturated carbocycles. The summed E-state index contributed by atoms with van der Waals surface area (Å²) in [6.07, 6.45) is 0.332. The lowest BCUT2D eigenvalue weighted by molar-refractivity contribution is -0.142. The van der Waals surface area contributed by atoms with E-state index >= 15 is 0 Å². The van der Waals surface area contributed by atoms with Gasteiger partial charge in [0, 0.05) is 12.0 Å². The van der Waals surface area contributed by atoms with Crippen molar-refractivity contribution in [1.82, 2.24) is 0 Å². The van der Waals surface area contributed by atoms with E-state index in [1.54, 1.807) is 0 Å². The van der Waals surface area contributed by atoms with E-state index in [0.717, 1.165) is 16.9 Å². The lowest BCUT2D eigenvalue weighted by Crippen LogP contribution is -2.33. The van der Waals surface area contributed by atoms with Crippen LogP contribution in [0.3, 0.4) is 0 Å². The van der Waals surface area contributed by atoms with Gasteiger partial charge in [0.1, 0.15) is 17.6 Å². The second kappa shape index (κ2) is 5.71. The normalized spacial score (nSPS) is 12.2. The van der Waals surface area contributed by atoms with E-state index in [-0.39, 0.29) is 0 Å². The Kier molecular flexibility index (Phi) is 4.02. The summed E-state index contributed by atoms with van der Waals surface area (Å²) in [6.45, 7) is 2.03. The maximum atomic E-state index is 11.3. The quantitative estimate of drug-likeness (QED) is 0.856. The number of aryl methyl sites for hydroxylation is 1. The van der Waals surface area contributed by atoms with Crippen LogP contribution in [0, 0.1) is 6.92 Å². The van der Waals surface area contributed by atoms with Crippen LogP contribution in [-0.2, 0) is 16.0 Å². The molecule has 1 atom stereocenters. The van der Waals surface area contributed by atoms with Crippen molar-refractivity contribution in [2.75, 3.05) is 7.11 Å². The maximum absolute atomic E-state index is 11.3. The summed E-state index contributed by atoms with van der Waals surface area (Å²) in [6, 6.07) is 11.0. The molecular formula is C15H17NO3. The summed E-state index contributed by atoms with van der Waals surface area (Å²) in [5.41, 5.74) is 7.88. The topological polar surface area (TPSA) is 65.5 Å². The summed E-state index contributed by atoms with van der Waals surface area (Å²) in [7, 11) is 1.32. The van der Waals surface area contributed by atoms with Crippen molar-refractivity contribution in [3.8, 4) is 11.3 Å². The SMILES string of the molecule is COC(=O)C(N)Cc1ccc(-c2ccccc2C)o1. The van der Waals surface area contributed by atoms with E-state index in [2.05, 4.69) is 4.74 Å². The van der Waals surface area contributed by atoms with E-state index in [1.807, 2.05) is 43.3 Å². The molecule has 1 aromatic carbocycles. The highest BCUT2D eigenvalue weighted by molar-refractivity contribution is 5.75. The van der Waals surface area contributed by atoms with Gasteiger partial charge in [-0.05, 0) is 24.6 Å². The minimum Gasteiger partial charge on any atom is -0.468 e. The van der Waals surface area contributed by atoms with Crippen LogP contribution >= 0.6 is 0 Å². The van der Waals surface area contributed by atoms with Crippen molar-refractivity contribution in [1.29, 1.82) is 0 Å². The molecule has 1 heterocycles. The Bertz CT molecular complexity index is 574. The minimum absolute atomic E-state index is 0.332. The fourth-order valence-corrected chi connectivity index (χ4v) is 1.93. The van der Waals surface area contributed by atoms with Crippen molar-refractivity contribution in [3.05, 3.63) is 47.7 Å². The van der Waals surface area contributed by atoms with Gasteiger partial charge in [-0.2, -0.15) is 0 Å². The molecule has 4 nitrogen and oxygen atoms in total. The number of esters is 1. The Balaban J connectivity index is 2.16. The molecule has 2 N–H and O–H groups in total. The van der Waals surface area contributed by atoms with Crippen LogP contribution in [0.1, 0.15) is 11.3 Å². The van der Waals surface area contributed by atoms with Crippen LogP contribution in [0.5, 0.6) is 0 Å². The lowest BCUT2D eigenvalue weighted by atomic mass is 10.1. The fourth-order valence-electron chi connectivity index (χ4n) is 1.93. The Morgan fingerprint density at radius 1 is 1.32 bits per heavy atom. The number of furan rings is 1. The predicted molar refractivity (Wildman–Crippen MR) is 72.6 cm³/mol. The molecule has 0 aliphatic rings. The number of ether oxygens (including phenoxy) is 1. The van der Waals surface area contributed by atoms with Gasteiger partial charge in [-0.1, -0.05) is 24.3 Å². The average Bonchev–Trinajstić information content (AvgIpc) is 2.86. The van der Waals surface area contributed by atoms with E-state index in [1.165, 1.54) is 7.11 Å². The molecule has 0 radical (unpaired) electrons. The molecule has 0 aliphatic heterocycles. The smallest absolute Gasteiger partial charge is 0.323 e. The van der Waals surface area contributed by atoms with E-state index in [9.17, 15) is 4.79 Å². The van der Waals surface area contributed by atoms with Crippen LogP contribution in [0.15, 0.2) is 40.8 Å². The van der Waals surface area contributed by atoms with Gasteiger partial charge >= 0.3 is 5.97 Å². The Hall–Kier alpha value is -2.07. The zero-order valence-corrected chi connectivity index (χ0v) is 11.1. The largest absolute Gasteiger partial charge is 0.468 e. The minimum atomic E-state index is -0.694. The molecule has 0 spiro atoms. The van der Waals surface area contributed by atoms with Gasteiger partial charge < -0.3 is 14.9 Å². The van der Waals surface area contributed by atoms with Crippen molar-refractivity contribution < 1.29 is 13.9 Å². The van der Waals surface area contributed by atoms with Crippen LogP contribution in [0.4, 0.5) is 0 Å². The molecule has 0 amide bonds. The van der Waals surface area contributed by atoms with Crippen LogP contribution in [-0.4, -0.2) is 19.1 Å². The van der Waals surface area contributed by atoms with Crippen LogP contribution in [0.2, 0.25) is 0 Å². The molecule has 0 saturated heterocycles. The second-order valence-electron chi connectivity index (χ2n) is 4.41. The molecule has 0 bridgehead atoms. The van der Waals surface area contributed by atoms with Crippen LogP contribution < -0.4 is 5.73 Å². The number of carbonyl (C=O) groups excluding carboxylic acids is 1. The zero-order valence-electron chi connectivity index (χ0n) is 11.1. The highest BCUT2D eigenvalue weighted by Gasteiger charge is 2.17. The van der Waals surface area contributed by atoms with Gasteiger partial charge in [-0.25, -0.2) is 0 Å². The third-order valence-corrected chi connectivity index (χ3v) is 3.00. The maximum Gasteiger partial charge on any atom is 0.323 e. The molecule has 0 fully saturated rings. The summed E-state index contributed by atoms with van der Waals surface area (Å²) < 4.78 is 10.3. The molecule has 100 valence electrons. The molecule has 1 unspecified atom stereocenters. The summed E-state index contributed by atoms with van der Waals surface area (Å²) in [4.78, 5) is 11.3. The Morgan fingerprint density at radius 3 is 2.74 bits per heavy atom. The molecule has 2 rings (SSSR count). The first-order valence-corrected chi connectivity index (χ1v) is 6.10. The zero-order chi connectivity index (χ0) is 13.8. The third kappa shape index (κ3) is 3.03. The first-order chi connectivity index (χ1) is 9.11.